The molecule has 4 nitrogen and oxygen atoms in total. The van der Waals surface area contributed by atoms with Crippen LogP contribution in [0.15, 0.2) is 24.3 Å². The first-order valence-corrected chi connectivity index (χ1v) is 8.56. The zero-order valence-electron chi connectivity index (χ0n) is 14.9. The average molecular weight is 318 g/mol. The first kappa shape index (κ1) is 17.8. The molecule has 1 amide bonds. The number of nitrogens with two attached hydrogens (primary N) is 1. The van der Waals surface area contributed by atoms with E-state index in [0.29, 0.717) is 6.54 Å². The van der Waals surface area contributed by atoms with Crippen molar-refractivity contribution in [2.45, 2.75) is 64.5 Å². The molecule has 23 heavy (non-hydrogen) atoms. The highest BCUT2D eigenvalue weighted by Crippen LogP contribution is 2.41. The number of rotatable bonds is 3. The van der Waals surface area contributed by atoms with Gasteiger partial charge in [0.2, 0.25) is 0 Å². The number of aryl methyl sites for hydroxylation is 1. The van der Waals surface area contributed by atoms with Crippen LogP contribution in [0.1, 0.15) is 57.6 Å². The van der Waals surface area contributed by atoms with Crippen molar-refractivity contribution in [3.05, 3.63) is 35.4 Å². The molecule has 1 aromatic carbocycles. The van der Waals surface area contributed by atoms with Gasteiger partial charge in [-0.05, 0) is 65.5 Å². The Morgan fingerprint density at radius 1 is 1.35 bits per heavy atom. The molecule has 1 aliphatic rings. The fourth-order valence-corrected chi connectivity index (χ4v) is 3.50. The molecule has 0 spiro atoms. The summed E-state index contributed by atoms with van der Waals surface area (Å²) in [7, 11) is 0. The second kappa shape index (κ2) is 6.91. The third-order valence-corrected chi connectivity index (χ3v) is 4.47. The van der Waals surface area contributed by atoms with Crippen LogP contribution in [0.4, 0.5) is 4.79 Å². The van der Waals surface area contributed by atoms with E-state index in [-0.39, 0.29) is 11.6 Å². The van der Waals surface area contributed by atoms with E-state index in [0.717, 1.165) is 32.2 Å². The van der Waals surface area contributed by atoms with Gasteiger partial charge in [-0.15, -0.1) is 0 Å². The van der Waals surface area contributed by atoms with Gasteiger partial charge in [0.15, 0.2) is 0 Å². The zero-order valence-corrected chi connectivity index (χ0v) is 14.9. The maximum atomic E-state index is 12.8. The molecular weight excluding hydrogens is 288 g/mol. The topological polar surface area (TPSA) is 55.6 Å². The Morgan fingerprint density at radius 3 is 2.70 bits per heavy atom. The highest BCUT2D eigenvalue weighted by Gasteiger charge is 2.44. The third kappa shape index (κ3) is 4.05. The molecule has 4 heteroatoms. The highest BCUT2D eigenvalue weighted by atomic mass is 16.6. The van der Waals surface area contributed by atoms with Gasteiger partial charge in [-0.3, -0.25) is 4.90 Å². The minimum absolute atomic E-state index is 0.229. The van der Waals surface area contributed by atoms with Crippen LogP contribution in [0, 0.1) is 6.92 Å². The molecule has 2 rings (SSSR count). The molecule has 0 radical (unpaired) electrons. The number of ether oxygens (including phenoxy) is 1. The number of nitrogens with zero attached hydrogens (tertiary/aromatic N) is 1. The summed E-state index contributed by atoms with van der Waals surface area (Å²) in [5.41, 5.74) is 7.47. The number of piperidine rings is 1. The number of hydrogen-bond acceptors (Lipinski definition) is 3. The van der Waals surface area contributed by atoms with Crippen LogP contribution in [0.2, 0.25) is 0 Å². The van der Waals surface area contributed by atoms with Crippen LogP contribution in [-0.2, 0) is 10.3 Å². The molecule has 1 atom stereocenters. The molecule has 0 saturated carbocycles. The number of carbonyl (C=O) groups is 1. The Kier molecular flexibility index (Phi) is 5.35. The Morgan fingerprint density at radius 2 is 2.09 bits per heavy atom. The van der Waals surface area contributed by atoms with E-state index in [4.69, 9.17) is 10.5 Å². The minimum Gasteiger partial charge on any atom is -0.444 e. The first-order valence-electron chi connectivity index (χ1n) is 8.56. The Labute approximate surface area is 140 Å². The average Bonchev–Trinajstić information content (AvgIpc) is 2.46. The van der Waals surface area contributed by atoms with Crippen molar-refractivity contribution in [1.82, 2.24) is 4.90 Å². The molecule has 0 aromatic heterocycles. The van der Waals surface area contributed by atoms with Gasteiger partial charge in [-0.2, -0.15) is 0 Å². The van der Waals surface area contributed by atoms with Gasteiger partial charge in [0.05, 0.1) is 5.54 Å². The zero-order chi connectivity index (χ0) is 17.1. The number of carbonyl (C=O) groups excluding carboxylic acids is 1. The fourth-order valence-electron chi connectivity index (χ4n) is 3.50. The number of likely N-dealkylation sites (tertiary alicyclic amines) is 1. The summed E-state index contributed by atoms with van der Waals surface area (Å²) in [6.45, 7) is 9.08. The molecule has 1 heterocycles. The maximum Gasteiger partial charge on any atom is 0.411 e. The first-order chi connectivity index (χ1) is 10.8. The molecule has 1 saturated heterocycles. The number of amides is 1. The molecule has 0 aliphatic carbocycles. The van der Waals surface area contributed by atoms with Crippen molar-refractivity contribution in [1.29, 1.82) is 0 Å². The Bertz CT molecular complexity index is 547. The second-order valence-corrected chi connectivity index (χ2v) is 7.53. The van der Waals surface area contributed by atoms with Gasteiger partial charge in [-0.25, -0.2) is 4.79 Å². The molecule has 0 bridgehead atoms. The second-order valence-electron chi connectivity index (χ2n) is 7.53. The lowest BCUT2D eigenvalue weighted by atomic mass is 9.77. The summed E-state index contributed by atoms with van der Waals surface area (Å²) in [5.74, 6) is 0. The molecule has 1 fully saturated rings. The monoisotopic (exact) mass is 318 g/mol. The summed E-state index contributed by atoms with van der Waals surface area (Å²) in [6, 6.07) is 8.44. The van der Waals surface area contributed by atoms with Crippen molar-refractivity contribution >= 4 is 6.09 Å². The maximum absolute atomic E-state index is 12.8. The molecular formula is C19H30N2O2. The Hall–Kier alpha value is -1.55. The van der Waals surface area contributed by atoms with Gasteiger partial charge in [-0.1, -0.05) is 29.8 Å². The standard InChI is InChI=1S/C19H30N2O2/c1-15-8-7-9-16(14-15)19(11-12-20)10-5-6-13-21(19)17(22)23-18(2,3)4/h7-9,14H,5-6,10-13,20H2,1-4H3. The van der Waals surface area contributed by atoms with Gasteiger partial charge in [0.1, 0.15) is 5.60 Å². The highest BCUT2D eigenvalue weighted by molar-refractivity contribution is 5.70. The predicted molar refractivity (Wildman–Crippen MR) is 93.3 cm³/mol. The van der Waals surface area contributed by atoms with Crippen LogP contribution in [-0.4, -0.2) is 29.7 Å². The van der Waals surface area contributed by atoms with E-state index in [9.17, 15) is 4.79 Å². The minimum atomic E-state index is -0.490. The van der Waals surface area contributed by atoms with Crippen molar-refractivity contribution < 1.29 is 9.53 Å². The lowest BCUT2D eigenvalue weighted by molar-refractivity contribution is -0.0198. The van der Waals surface area contributed by atoms with Crippen molar-refractivity contribution in [3.63, 3.8) is 0 Å². The number of benzene rings is 1. The van der Waals surface area contributed by atoms with Crippen LogP contribution in [0.5, 0.6) is 0 Å². The summed E-state index contributed by atoms with van der Waals surface area (Å²) >= 11 is 0. The molecule has 2 N–H and O–H groups in total. The van der Waals surface area contributed by atoms with Gasteiger partial charge < -0.3 is 10.5 Å². The van der Waals surface area contributed by atoms with Crippen molar-refractivity contribution in [2.24, 2.45) is 5.73 Å². The molecule has 128 valence electrons. The van der Waals surface area contributed by atoms with Gasteiger partial charge in [0.25, 0.3) is 0 Å². The van der Waals surface area contributed by atoms with Crippen LogP contribution in [0.25, 0.3) is 0 Å². The van der Waals surface area contributed by atoms with Crippen LogP contribution >= 0.6 is 0 Å². The van der Waals surface area contributed by atoms with E-state index < -0.39 is 5.60 Å². The van der Waals surface area contributed by atoms with E-state index >= 15 is 0 Å². The van der Waals surface area contributed by atoms with E-state index in [1.165, 1.54) is 11.1 Å². The lowest BCUT2D eigenvalue weighted by Gasteiger charge is -2.47. The summed E-state index contributed by atoms with van der Waals surface area (Å²) < 4.78 is 5.68. The van der Waals surface area contributed by atoms with Crippen LogP contribution in [0.3, 0.4) is 0 Å². The van der Waals surface area contributed by atoms with Crippen LogP contribution < -0.4 is 5.73 Å². The number of hydrogen-bond donors (Lipinski definition) is 1. The molecule has 1 aromatic rings. The van der Waals surface area contributed by atoms with Crippen molar-refractivity contribution in [2.75, 3.05) is 13.1 Å². The summed E-state index contributed by atoms with van der Waals surface area (Å²) in [4.78, 5) is 14.7. The van der Waals surface area contributed by atoms with E-state index in [1.807, 2.05) is 25.7 Å². The van der Waals surface area contributed by atoms with Crippen molar-refractivity contribution in [3.8, 4) is 0 Å². The van der Waals surface area contributed by atoms with E-state index in [1.54, 1.807) is 0 Å². The molecule has 1 aliphatic heterocycles. The quantitative estimate of drug-likeness (QED) is 0.917. The summed E-state index contributed by atoms with van der Waals surface area (Å²) in [5, 5.41) is 0. The van der Waals surface area contributed by atoms with Gasteiger partial charge >= 0.3 is 6.09 Å². The fraction of sp³-hybridized carbons (Fsp3) is 0.632. The lowest BCUT2D eigenvalue weighted by Crippen LogP contribution is -2.54. The Balaban J connectivity index is 2.42. The summed E-state index contributed by atoms with van der Waals surface area (Å²) in [6.07, 6.45) is 3.58. The van der Waals surface area contributed by atoms with E-state index in [2.05, 4.69) is 31.2 Å². The normalized spacial score (nSPS) is 22.0. The molecule has 1 unspecified atom stereocenters. The largest absolute Gasteiger partial charge is 0.444 e. The smallest absolute Gasteiger partial charge is 0.411 e. The predicted octanol–water partition coefficient (Wildman–Crippen LogP) is 3.96. The SMILES string of the molecule is Cc1cccc(C2(CCN)CCCCN2C(=O)OC(C)(C)C)c1. The van der Waals surface area contributed by atoms with Gasteiger partial charge in [0, 0.05) is 6.54 Å². The third-order valence-electron chi connectivity index (χ3n) is 4.47.